The van der Waals surface area contributed by atoms with Gasteiger partial charge in [0, 0.05) is 25.7 Å². The van der Waals surface area contributed by atoms with Crippen molar-refractivity contribution in [3.05, 3.63) is 23.8 Å². The van der Waals surface area contributed by atoms with Crippen molar-refractivity contribution < 1.29 is 37.3 Å². The van der Waals surface area contributed by atoms with Crippen molar-refractivity contribution in [2.75, 3.05) is 27.4 Å². The van der Waals surface area contributed by atoms with E-state index in [-0.39, 0.29) is 5.71 Å². The predicted octanol–water partition coefficient (Wildman–Crippen LogP) is 2.49. The largest absolute Gasteiger partial charge is 0.493 e. The van der Waals surface area contributed by atoms with Gasteiger partial charge in [-0.15, -0.1) is 0 Å². The molecule has 1 N–H and O–H groups in total. The van der Waals surface area contributed by atoms with Gasteiger partial charge in [-0.3, -0.25) is 0 Å². The fourth-order valence-corrected chi connectivity index (χ4v) is 2.08. The molecular formula is C15H18F3NO5. The minimum absolute atomic E-state index is 0.0285. The Morgan fingerprint density at radius 2 is 2.00 bits per heavy atom. The number of nitrogens with zero attached hydrogens (tertiary/aromatic N) is 1. The van der Waals surface area contributed by atoms with Crippen molar-refractivity contribution >= 4 is 5.71 Å². The SMILES string of the molecule is COCCCOc1cc(C2=NOC(O)(C(F)(F)F)C2)ccc1OC. The Bertz CT molecular complexity index is 605. The summed E-state index contributed by atoms with van der Waals surface area (Å²) in [6.45, 7) is 0.865. The van der Waals surface area contributed by atoms with Gasteiger partial charge in [0.15, 0.2) is 11.5 Å². The van der Waals surface area contributed by atoms with Gasteiger partial charge in [-0.25, -0.2) is 0 Å². The molecule has 1 aliphatic heterocycles. The molecule has 0 aliphatic carbocycles. The summed E-state index contributed by atoms with van der Waals surface area (Å²) in [5.41, 5.74) is 0.317. The summed E-state index contributed by atoms with van der Waals surface area (Å²) in [4.78, 5) is 4.21. The Labute approximate surface area is 136 Å². The minimum Gasteiger partial charge on any atom is -0.493 e. The van der Waals surface area contributed by atoms with Crippen LogP contribution in [0.2, 0.25) is 0 Å². The molecule has 0 bridgehead atoms. The number of rotatable bonds is 7. The topological polar surface area (TPSA) is 69.5 Å². The van der Waals surface area contributed by atoms with E-state index >= 15 is 0 Å². The summed E-state index contributed by atoms with van der Waals surface area (Å²) in [7, 11) is 3.02. The highest BCUT2D eigenvalue weighted by Gasteiger charge is 2.60. The van der Waals surface area contributed by atoms with Crippen molar-refractivity contribution in [2.45, 2.75) is 24.8 Å². The lowest BCUT2D eigenvalue weighted by Crippen LogP contribution is -2.45. The van der Waals surface area contributed by atoms with Crippen LogP contribution in [0.3, 0.4) is 0 Å². The summed E-state index contributed by atoms with van der Waals surface area (Å²) in [5, 5.41) is 12.9. The molecule has 0 fully saturated rings. The average Bonchev–Trinajstić information content (AvgIpc) is 2.95. The number of alkyl halides is 3. The van der Waals surface area contributed by atoms with Gasteiger partial charge in [0.05, 0.1) is 25.8 Å². The highest BCUT2D eigenvalue weighted by molar-refractivity contribution is 6.02. The number of methoxy groups -OCH3 is 2. The molecule has 2 rings (SSSR count). The van der Waals surface area contributed by atoms with Crippen molar-refractivity contribution in [3.8, 4) is 11.5 Å². The molecule has 9 heteroatoms. The molecule has 24 heavy (non-hydrogen) atoms. The molecule has 0 spiro atoms. The van der Waals surface area contributed by atoms with Gasteiger partial charge in [0.1, 0.15) is 0 Å². The molecule has 0 aromatic heterocycles. The standard InChI is InChI=1S/C15H18F3NO5/c1-21-6-3-7-23-13-8-10(4-5-12(13)22-2)11-9-14(20,24-19-11)15(16,17)18/h4-5,8,20H,3,6-7,9H2,1-2H3. The molecule has 0 radical (unpaired) electrons. The first-order valence-corrected chi connectivity index (χ1v) is 7.15. The highest BCUT2D eigenvalue weighted by Crippen LogP contribution is 2.39. The van der Waals surface area contributed by atoms with Gasteiger partial charge < -0.3 is 24.2 Å². The average molecular weight is 349 g/mol. The molecule has 0 amide bonds. The van der Waals surface area contributed by atoms with Gasteiger partial charge >= 0.3 is 12.0 Å². The lowest BCUT2D eigenvalue weighted by molar-refractivity contribution is -0.355. The van der Waals surface area contributed by atoms with Crippen LogP contribution in [-0.4, -0.2) is 50.2 Å². The maximum absolute atomic E-state index is 12.8. The minimum atomic E-state index is -4.94. The second-order valence-electron chi connectivity index (χ2n) is 5.15. The molecule has 1 aliphatic rings. The number of halogens is 3. The van der Waals surface area contributed by atoms with Gasteiger partial charge in [0.25, 0.3) is 0 Å². The van der Waals surface area contributed by atoms with E-state index in [4.69, 9.17) is 14.2 Å². The fourth-order valence-electron chi connectivity index (χ4n) is 2.08. The molecule has 1 aromatic rings. The molecule has 1 atom stereocenters. The summed E-state index contributed by atoms with van der Waals surface area (Å²) in [6.07, 6.45) is -5.10. The van der Waals surface area contributed by atoms with E-state index in [1.165, 1.54) is 19.2 Å². The number of benzene rings is 1. The van der Waals surface area contributed by atoms with E-state index in [0.29, 0.717) is 36.7 Å². The zero-order valence-electron chi connectivity index (χ0n) is 13.2. The van der Waals surface area contributed by atoms with Crippen LogP contribution in [0.4, 0.5) is 13.2 Å². The van der Waals surface area contributed by atoms with Gasteiger partial charge in [-0.2, -0.15) is 13.2 Å². The molecular weight excluding hydrogens is 331 g/mol. The van der Waals surface area contributed by atoms with Gasteiger partial charge in [-0.05, 0) is 18.2 Å². The summed E-state index contributed by atoms with van der Waals surface area (Å²) >= 11 is 0. The van der Waals surface area contributed by atoms with Crippen LogP contribution in [0.5, 0.6) is 11.5 Å². The molecule has 6 nitrogen and oxygen atoms in total. The fraction of sp³-hybridized carbons (Fsp3) is 0.533. The third-order valence-corrected chi connectivity index (χ3v) is 3.40. The maximum atomic E-state index is 12.8. The van der Waals surface area contributed by atoms with Crippen molar-refractivity contribution in [1.82, 2.24) is 0 Å². The Kier molecular flexibility index (Phi) is 5.55. The van der Waals surface area contributed by atoms with Crippen LogP contribution in [0.15, 0.2) is 23.4 Å². The van der Waals surface area contributed by atoms with Crippen LogP contribution >= 0.6 is 0 Å². The van der Waals surface area contributed by atoms with Crippen LogP contribution in [-0.2, 0) is 9.57 Å². The van der Waals surface area contributed by atoms with Crippen LogP contribution < -0.4 is 9.47 Å². The van der Waals surface area contributed by atoms with Crippen LogP contribution in [0.25, 0.3) is 0 Å². The highest BCUT2D eigenvalue weighted by atomic mass is 19.4. The van der Waals surface area contributed by atoms with E-state index in [9.17, 15) is 18.3 Å². The summed E-state index contributed by atoms with van der Waals surface area (Å²) in [6, 6.07) is 4.57. The number of hydrogen-bond donors (Lipinski definition) is 1. The Balaban J connectivity index is 2.14. The first-order valence-electron chi connectivity index (χ1n) is 7.15. The molecule has 1 heterocycles. The Morgan fingerprint density at radius 1 is 1.25 bits per heavy atom. The first-order chi connectivity index (χ1) is 11.3. The lowest BCUT2D eigenvalue weighted by atomic mass is 10.0. The first kappa shape index (κ1) is 18.3. The second-order valence-corrected chi connectivity index (χ2v) is 5.15. The van der Waals surface area contributed by atoms with Crippen molar-refractivity contribution in [3.63, 3.8) is 0 Å². The normalized spacial score (nSPS) is 20.5. The van der Waals surface area contributed by atoms with E-state index in [1.807, 2.05) is 0 Å². The molecule has 1 aromatic carbocycles. The third kappa shape index (κ3) is 3.90. The zero-order chi connectivity index (χ0) is 17.8. The van der Waals surface area contributed by atoms with E-state index in [1.54, 1.807) is 13.2 Å². The van der Waals surface area contributed by atoms with Crippen LogP contribution in [0, 0.1) is 0 Å². The lowest BCUT2D eigenvalue weighted by Gasteiger charge is -2.22. The van der Waals surface area contributed by atoms with Gasteiger partial charge in [0.2, 0.25) is 0 Å². The second kappa shape index (κ2) is 7.27. The van der Waals surface area contributed by atoms with Gasteiger partial charge in [-0.1, -0.05) is 5.16 Å². The van der Waals surface area contributed by atoms with E-state index < -0.39 is 18.4 Å². The zero-order valence-corrected chi connectivity index (χ0v) is 13.2. The molecule has 0 saturated carbocycles. The van der Waals surface area contributed by atoms with Crippen LogP contribution in [0.1, 0.15) is 18.4 Å². The Morgan fingerprint density at radius 3 is 2.58 bits per heavy atom. The quantitative estimate of drug-likeness (QED) is 0.766. The smallest absolute Gasteiger partial charge is 0.458 e. The van der Waals surface area contributed by atoms with Crippen molar-refractivity contribution in [2.24, 2.45) is 5.16 Å². The number of hydrogen-bond acceptors (Lipinski definition) is 6. The van der Waals surface area contributed by atoms with Crippen molar-refractivity contribution in [1.29, 1.82) is 0 Å². The summed E-state index contributed by atoms with van der Waals surface area (Å²) < 4.78 is 53.9. The predicted molar refractivity (Wildman–Crippen MR) is 78.2 cm³/mol. The monoisotopic (exact) mass is 349 g/mol. The molecule has 0 saturated heterocycles. The third-order valence-electron chi connectivity index (χ3n) is 3.40. The molecule has 134 valence electrons. The number of ether oxygens (including phenoxy) is 3. The molecule has 1 unspecified atom stereocenters. The van der Waals surface area contributed by atoms with E-state index in [2.05, 4.69) is 9.99 Å². The maximum Gasteiger partial charge on any atom is 0.458 e. The summed E-state index contributed by atoms with van der Waals surface area (Å²) in [5.74, 6) is -2.51. The number of aliphatic hydroxyl groups is 1. The Hall–Kier alpha value is -2.00. The number of oxime groups is 1. The van der Waals surface area contributed by atoms with E-state index in [0.717, 1.165) is 0 Å².